The highest BCUT2D eigenvalue weighted by Crippen LogP contribution is 2.37. The third-order valence-corrected chi connectivity index (χ3v) is 9.76. The summed E-state index contributed by atoms with van der Waals surface area (Å²) in [4.78, 5) is 17.7. The molecule has 0 radical (unpaired) electrons. The number of halogens is 3. The van der Waals surface area contributed by atoms with Crippen LogP contribution in [-0.2, 0) is 6.54 Å². The van der Waals surface area contributed by atoms with Crippen LogP contribution in [0.3, 0.4) is 0 Å². The third kappa shape index (κ3) is 9.73. The molecule has 2 N–H and O–H groups in total. The van der Waals surface area contributed by atoms with E-state index in [1.807, 2.05) is 0 Å². The van der Waals surface area contributed by atoms with Crippen LogP contribution in [0.4, 0.5) is 17.5 Å². The molecule has 3 aliphatic rings. The van der Waals surface area contributed by atoms with Gasteiger partial charge < -0.3 is 29.9 Å². The van der Waals surface area contributed by atoms with Crippen LogP contribution in [0, 0.1) is 5.92 Å². The molecule has 0 bridgehead atoms. The summed E-state index contributed by atoms with van der Waals surface area (Å²) in [5.74, 6) is 3.70. The highest BCUT2D eigenvalue weighted by molar-refractivity contribution is 5.93. The van der Waals surface area contributed by atoms with Gasteiger partial charge in [-0.05, 0) is 68.5 Å². The van der Waals surface area contributed by atoms with E-state index in [9.17, 15) is 0 Å². The molecular formula is C37H50Cl3N7O2. The number of aromatic nitrogens is 2. The molecule has 0 atom stereocenters. The fraction of sp³-hybridized carbons (Fsp3) is 0.459. The minimum absolute atomic E-state index is 0. The first-order valence-electron chi connectivity index (χ1n) is 17.0. The van der Waals surface area contributed by atoms with Crippen LogP contribution in [0.15, 0.2) is 72.8 Å². The van der Waals surface area contributed by atoms with Gasteiger partial charge in [0.1, 0.15) is 5.82 Å². The number of para-hydroxylation sites is 1. The number of hydrogen-bond donors (Lipinski definition) is 2. The van der Waals surface area contributed by atoms with E-state index in [1.165, 1.54) is 11.3 Å². The molecule has 3 aromatic carbocycles. The van der Waals surface area contributed by atoms with Gasteiger partial charge >= 0.3 is 0 Å². The summed E-state index contributed by atoms with van der Waals surface area (Å²) in [5, 5.41) is 8.28. The number of likely N-dealkylation sites (tertiary alicyclic amines) is 1. The van der Waals surface area contributed by atoms with Crippen molar-refractivity contribution in [2.75, 3.05) is 81.2 Å². The Bertz CT molecular complexity index is 1570. The molecular weight excluding hydrogens is 681 g/mol. The molecule has 0 aliphatic carbocycles. The smallest absolute Gasteiger partial charge is 0.228 e. The van der Waals surface area contributed by atoms with Crippen LogP contribution in [0.1, 0.15) is 31.2 Å². The van der Waals surface area contributed by atoms with Gasteiger partial charge in [0.15, 0.2) is 11.5 Å². The van der Waals surface area contributed by atoms with Crippen molar-refractivity contribution in [2.24, 2.45) is 5.92 Å². The first kappa shape index (κ1) is 38.6. The van der Waals surface area contributed by atoms with Crippen molar-refractivity contribution in [1.82, 2.24) is 20.2 Å². The van der Waals surface area contributed by atoms with E-state index in [2.05, 4.69) is 98.1 Å². The Morgan fingerprint density at radius 3 is 2.08 bits per heavy atom. The van der Waals surface area contributed by atoms with Crippen LogP contribution < -0.4 is 29.9 Å². The molecule has 1 aromatic heterocycles. The molecule has 0 unspecified atom stereocenters. The van der Waals surface area contributed by atoms with Crippen molar-refractivity contribution in [3.63, 3.8) is 0 Å². The summed E-state index contributed by atoms with van der Waals surface area (Å²) in [7, 11) is 1.72. The van der Waals surface area contributed by atoms with Gasteiger partial charge in [-0.3, -0.25) is 4.90 Å². The molecule has 49 heavy (non-hydrogen) atoms. The van der Waals surface area contributed by atoms with Gasteiger partial charge in [0.25, 0.3) is 0 Å². The number of anilines is 3. The number of ether oxygens (including phenoxy) is 2. The summed E-state index contributed by atoms with van der Waals surface area (Å²) < 4.78 is 12.3. The zero-order valence-electron chi connectivity index (χ0n) is 28.3. The SMILES string of the molecule is COc1cc2c(NC3CCN(Cc4ccccc4)CC3)nc(N3CCN(c4ccccc4)CC3)nc2cc1OCC1CCNCC1.Cl.Cl.Cl. The maximum atomic E-state index is 6.42. The lowest BCUT2D eigenvalue weighted by molar-refractivity contribution is 0.208. The van der Waals surface area contributed by atoms with E-state index in [0.717, 1.165) is 119 Å². The first-order valence-corrected chi connectivity index (χ1v) is 17.0. The standard InChI is InChI=1S/C37H47N7O2.3ClH/c1-45-34-24-32-33(25-35(34)46-27-29-12-16-38-17-13-29)40-37(44-22-20-43(21-23-44)31-10-6-3-7-11-31)41-36(32)39-30-14-18-42(19-15-30)26-28-8-4-2-5-9-28;;;/h2-11,24-25,29-30,38H,12-23,26-27H2,1H3,(H,39,40,41);3*1H. The highest BCUT2D eigenvalue weighted by Gasteiger charge is 2.25. The summed E-state index contributed by atoms with van der Waals surface area (Å²) in [5.41, 5.74) is 3.53. The lowest BCUT2D eigenvalue weighted by atomic mass is 9.99. The van der Waals surface area contributed by atoms with Crippen LogP contribution in [0.5, 0.6) is 11.5 Å². The number of rotatable bonds is 10. The van der Waals surface area contributed by atoms with Gasteiger partial charge in [0.05, 0.1) is 19.2 Å². The van der Waals surface area contributed by atoms with Crippen LogP contribution in [0.2, 0.25) is 0 Å². The lowest BCUT2D eigenvalue weighted by Gasteiger charge is -2.36. The molecule has 3 aliphatic heterocycles. The number of benzene rings is 3. The highest BCUT2D eigenvalue weighted by atomic mass is 35.5. The largest absolute Gasteiger partial charge is 0.493 e. The molecule has 9 nitrogen and oxygen atoms in total. The van der Waals surface area contributed by atoms with Crippen molar-refractivity contribution < 1.29 is 9.47 Å². The quantitative estimate of drug-likeness (QED) is 0.186. The topological polar surface area (TPSA) is 78.0 Å². The summed E-state index contributed by atoms with van der Waals surface area (Å²) in [6.07, 6.45) is 4.40. The van der Waals surface area contributed by atoms with Crippen molar-refractivity contribution in [3.05, 3.63) is 78.4 Å². The van der Waals surface area contributed by atoms with Gasteiger partial charge in [-0.1, -0.05) is 48.5 Å². The minimum atomic E-state index is 0. The fourth-order valence-corrected chi connectivity index (χ4v) is 6.98. The first-order chi connectivity index (χ1) is 22.7. The van der Waals surface area contributed by atoms with E-state index in [0.29, 0.717) is 18.6 Å². The zero-order valence-corrected chi connectivity index (χ0v) is 30.7. The van der Waals surface area contributed by atoms with Crippen molar-refractivity contribution in [2.45, 2.75) is 38.3 Å². The minimum Gasteiger partial charge on any atom is -0.493 e. The van der Waals surface area contributed by atoms with Crippen molar-refractivity contribution >= 4 is 65.6 Å². The molecule has 4 aromatic rings. The van der Waals surface area contributed by atoms with Crippen LogP contribution in [0.25, 0.3) is 10.9 Å². The molecule has 3 fully saturated rings. The fourth-order valence-electron chi connectivity index (χ4n) is 6.98. The second kappa shape index (κ2) is 18.7. The third-order valence-electron chi connectivity index (χ3n) is 9.76. The van der Waals surface area contributed by atoms with E-state index in [-0.39, 0.29) is 37.2 Å². The summed E-state index contributed by atoms with van der Waals surface area (Å²) in [6, 6.07) is 25.9. The van der Waals surface area contributed by atoms with E-state index >= 15 is 0 Å². The molecule has 4 heterocycles. The Hall–Kier alpha value is -3.21. The summed E-state index contributed by atoms with van der Waals surface area (Å²) in [6.45, 7) is 9.51. The Morgan fingerprint density at radius 2 is 1.41 bits per heavy atom. The number of methoxy groups -OCH3 is 1. The molecule has 12 heteroatoms. The van der Waals surface area contributed by atoms with Crippen LogP contribution >= 0.6 is 37.2 Å². The molecule has 0 saturated carbocycles. The molecule has 0 amide bonds. The number of nitrogens with one attached hydrogen (secondary N) is 2. The molecule has 266 valence electrons. The Balaban J connectivity index is 0.00000180. The number of piperidine rings is 2. The Morgan fingerprint density at radius 1 is 0.755 bits per heavy atom. The Labute approximate surface area is 309 Å². The average molecular weight is 731 g/mol. The Kier molecular flexibility index (Phi) is 14.7. The van der Waals surface area contributed by atoms with Gasteiger partial charge in [0.2, 0.25) is 5.95 Å². The monoisotopic (exact) mass is 729 g/mol. The van der Waals surface area contributed by atoms with Crippen molar-refractivity contribution in [3.8, 4) is 11.5 Å². The molecule has 0 spiro atoms. The second-order valence-electron chi connectivity index (χ2n) is 12.9. The second-order valence-corrected chi connectivity index (χ2v) is 12.9. The maximum absolute atomic E-state index is 6.42. The average Bonchev–Trinajstić information content (AvgIpc) is 3.12. The van der Waals surface area contributed by atoms with Gasteiger partial charge in [-0.2, -0.15) is 4.98 Å². The maximum Gasteiger partial charge on any atom is 0.228 e. The van der Waals surface area contributed by atoms with Gasteiger partial charge in [-0.25, -0.2) is 4.98 Å². The van der Waals surface area contributed by atoms with Crippen molar-refractivity contribution in [1.29, 1.82) is 0 Å². The molecule has 7 rings (SSSR count). The van der Waals surface area contributed by atoms with E-state index < -0.39 is 0 Å². The van der Waals surface area contributed by atoms with E-state index in [1.54, 1.807) is 7.11 Å². The number of hydrogen-bond acceptors (Lipinski definition) is 9. The summed E-state index contributed by atoms with van der Waals surface area (Å²) >= 11 is 0. The molecule has 3 saturated heterocycles. The number of nitrogens with zero attached hydrogens (tertiary/aromatic N) is 5. The lowest BCUT2D eigenvalue weighted by Crippen LogP contribution is -2.47. The zero-order chi connectivity index (χ0) is 31.1. The number of fused-ring (bicyclic) bond motifs is 1. The predicted molar refractivity (Wildman–Crippen MR) is 208 cm³/mol. The van der Waals surface area contributed by atoms with Gasteiger partial charge in [0, 0.05) is 69.0 Å². The normalized spacial score (nSPS) is 17.4. The number of piperazine rings is 1. The predicted octanol–water partition coefficient (Wildman–Crippen LogP) is 6.69. The van der Waals surface area contributed by atoms with Crippen LogP contribution in [-0.4, -0.2) is 87.0 Å². The van der Waals surface area contributed by atoms with Gasteiger partial charge in [-0.15, -0.1) is 37.2 Å². The van der Waals surface area contributed by atoms with E-state index in [4.69, 9.17) is 19.4 Å².